The monoisotopic (exact) mass is 434 g/mol. The number of rotatable bonds is 9. The Balaban J connectivity index is 1.64. The highest BCUT2D eigenvalue weighted by Gasteiger charge is 2.28. The zero-order valence-corrected chi connectivity index (χ0v) is 18.5. The first kappa shape index (κ1) is 22.0. The number of hydrogen-bond donors (Lipinski definition) is 2. The van der Waals surface area contributed by atoms with Gasteiger partial charge in [-0.05, 0) is 43.5 Å². The predicted octanol–water partition coefficient (Wildman–Crippen LogP) is 4.37. The number of H-pyrrole nitrogens is 1. The minimum atomic E-state index is -0.413. The Bertz CT molecular complexity index is 1100. The van der Waals surface area contributed by atoms with Crippen molar-refractivity contribution >= 4 is 22.5 Å². The molecule has 7 nitrogen and oxygen atoms in total. The second kappa shape index (κ2) is 9.96. The molecule has 168 valence electrons. The molecule has 2 heterocycles. The van der Waals surface area contributed by atoms with Gasteiger partial charge in [0.05, 0.1) is 4.92 Å². The van der Waals surface area contributed by atoms with Gasteiger partial charge in [0.25, 0.3) is 5.69 Å². The van der Waals surface area contributed by atoms with Gasteiger partial charge in [-0.1, -0.05) is 43.3 Å². The molecule has 0 spiro atoms. The highest BCUT2D eigenvalue weighted by molar-refractivity contribution is 5.88. The largest absolute Gasteiger partial charge is 0.361 e. The number of aromatic nitrogens is 1. The first-order chi connectivity index (χ1) is 15.6. The van der Waals surface area contributed by atoms with Gasteiger partial charge in [-0.2, -0.15) is 0 Å². The van der Waals surface area contributed by atoms with Crippen molar-refractivity contribution in [1.29, 1.82) is 0 Å². The smallest absolute Gasteiger partial charge is 0.273 e. The summed E-state index contributed by atoms with van der Waals surface area (Å²) in [4.78, 5) is 30.0. The average molecular weight is 435 g/mol. The summed E-state index contributed by atoms with van der Waals surface area (Å²) in [6, 6.07) is 12.8. The third-order valence-electron chi connectivity index (χ3n) is 6.44. The molecule has 0 aliphatic carbocycles. The molecule has 3 aromatic rings. The Morgan fingerprint density at radius 2 is 1.94 bits per heavy atom. The normalized spacial score (nSPS) is 15.2. The van der Waals surface area contributed by atoms with E-state index in [0.717, 1.165) is 42.5 Å². The third-order valence-corrected chi connectivity index (χ3v) is 6.44. The Hall–Kier alpha value is -3.19. The van der Waals surface area contributed by atoms with Gasteiger partial charge in [-0.25, -0.2) is 0 Å². The number of likely N-dealkylation sites (tertiary alicyclic amines) is 1. The van der Waals surface area contributed by atoms with Crippen LogP contribution in [0.15, 0.2) is 48.7 Å². The summed E-state index contributed by atoms with van der Waals surface area (Å²) < 4.78 is 0. The summed E-state index contributed by atoms with van der Waals surface area (Å²) in [6.07, 6.45) is 5.38. The lowest BCUT2D eigenvalue weighted by Crippen LogP contribution is -2.34. The molecule has 4 rings (SSSR count). The van der Waals surface area contributed by atoms with E-state index in [4.69, 9.17) is 0 Å². The number of nitro benzene ring substituents is 1. The Morgan fingerprint density at radius 3 is 2.69 bits per heavy atom. The van der Waals surface area contributed by atoms with Crippen LogP contribution in [0.5, 0.6) is 0 Å². The summed E-state index contributed by atoms with van der Waals surface area (Å²) in [6.45, 7) is 5.71. The van der Waals surface area contributed by atoms with Gasteiger partial charge in [0.2, 0.25) is 5.91 Å². The molecule has 2 N–H and O–H groups in total. The van der Waals surface area contributed by atoms with E-state index in [-0.39, 0.29) is 22.9 Å². The maximum absolute atomic E-state index is 12.9. The number of hydrogen-bond acceptors (Lipinski definition) is 4. The van der Waals surface area contributed by atoms with Crippen molar-refractivity contribution in [2.75, 3.05) is 26.2 Å². The van der Waals surface area contributed by atoms with Gasteiger partial charge in [-0.3, -0.25) is 14.9 Å². The first-order valence-corrected chi connectivity index (χ1v) is 11.4. The van der Waals surface area contributed by atoms with Gasteiger partial charge in [0.15, 0.2) is 0 Å². The van der Waals surface area contributed by atoms with Crippen LogP contribution in [0.2, 0.25) is 0 Å². The lowest BCUT2D eigenvalue weighted by atomic mass is 9.86. The molecule has 7 heteroatoms. The third kappa shape index (κ3) is 4.67. The highest BCUT2D eigenvalue weighted by atomic mass is 16.6. The SMILES string of the molecule is CCc1cccc2c(C(CC(=O)NCCN3CCCC3)c3ccccc3[N+](=O)[O-])c[nH]c12. The van der Waals surface area contributed by atoms with Crippen LogP contribution in [0.4, 0.5) is 5.69 Å². The maximum Gasteiger partial charge on any atom is 0.273 e. The van der Waals surface area contributed by atoms with E-state index in [9.17, 15) is 14.9 Å². The number of para-hydroxylation sites is 2. The number of nitro groups is 1. The number of carbonyl (C=O) groups excluding carboxylic acids is 1. The minimum Gasteiger partial charge on any atom is -0.361 e. The molecule has 1 saturated heterocycles. The van der Waals surface area contributed by atoms with Gasteiger partial charge in [-0.15, -0.1) is 0 Å². The van der Waals surface area contributed by atoms with Crippen molar-refractivity contribution in [3.63, 3.8) is 0 Å². The molecule has 1 atom stereocenters. The molecule has 0 bridgehead atoms. The molecule has 0 saturated carbocycles. The topological polar surface area (TPSA) is 91.3 Å². The Morgan fingerprint density at radius 1 is 1.16 bits per heavy atom. The number of benzene rings is 2. The molecule has 32 heavy (non-hydrogen) atoms. The molecule has 0 radical (unpaired) electrons. The number of aromatic amines is 1. The van der Waals surface area contributed by atoms with E-state index in [2.05, 4.69) is 28.2 Å². The fourth-order valence-electron chi connectivity index (χ4n) is 4.77. The van der Waals surface area contributed by atoms with Crippen molar-refractivity contribution in [3.8, 4) is 0 Å². The van der Waals surface area contributed by atoms with Crippen LogP contribution < -0.4 is 5.32 Å². The standard InChI is InChI=1S/C25H30N4O3/c1-2-18-8-7-10-20-22(17-27-25(18)20)21(19-9-3-4-11-23(19)29(31)32)16-24(30)26-12-15-28-13-5-6-14-28/h3-4,7-11,17,21,27H,2,5-6,12-16H2,1H3,(H,26,30). The molecule has 1 amide bonds. The van der Waals surface area contributed by atoms with Crippen molar-refractivity contribution < 1.29 is 9.72 Å². The van der Waals surface area contributed by atoms with Crippen LogP contribution in [0.3, 0.4) is 0 Å². The second-order valence-corrected chi connectivity index (χ2v) is 8.41. The minimum absolute atomic E-state index is 0.0448. The molecule has 1 aliphatic heterocycles. The van der Waals surface area contributed by atoms with Gasteiger partial charge < -0.3 is 15.2 Å². The first-order valence-electron chi connectivity index (χ1n) is 11.4. The number of amides is 1. The molecule has 1 aliphatic rings. The lowest BCUT2D eigenvalue weighted by Gasteiger charge is -2.19. The molecule has 1 unspecified atom stereocenters. The molecular weight excluding hydrogens is 404 g/mol. The summed E-state index contributed by atoms with van der Waals surface area (Å²) >= 11 is 0. The zero-order valence-electron chi connectivity index (χ0n) is 18.5. The predicted molar refractivity (Wildman–Crippen MR) is 126 cm³/mol. The van der Waals surface area contributed by atoms with Gasteiger partial charge >= 0.3 is 0 Å². The van der Waals surface area contributed by atoms with Crippen molar-refractivity contribution in [2.24, 2.45) is 0 Å². The Kier molecular flexibility index (Phi) is 6.85. The highest BCUT2D eigenvalue weighted by Crippen LogP contribution is 2.38. The lowest BCUT2D eigenvalue weighted by molar-refractivity contribution is -0.385. The van der Waals surface area contributed by atoms with Crippen molar-refractivity contribution in [2.45, 2.75) is 38.5 Å². The van der Waals surface area contributed by atoms with Crippen LogP contribution in [0.1, 0.15) is 48.8 Å². The van der Waals surface area contributed by atoms with Crippen LogP contribution in [-0.2, 0) is 11.2 Å². The van der Waals surface area contributed by atoms with Crippen LogP contribution in [0, 0.1) is 10.1 Å². The number of nitrogens with zero attached hydrogens (tertiary/aromatic N) is 2. The summed E-state index contributed by atoms with van der Waals surface area (Å²) in [5.74, 6) is -0.502. The van der Waals surface area contributed by atoms with E-state index in [1.54, 1.807) is 18.2 Å². The summed E-state index contributed by atoms with van der Waals surface area (Å²) in [5.41, 5.74) is 3.74. The fourth-order valence-corrected chi connectivity index (χ4v) is 4.77. The van der Waals surface area contributed by atoms with Crippen LogP contribution >= 0.6 is 0 Å². The molecule has 1 aromatic heterocycles. The number of fused-ring (bicyclic) bond motifs is 1. The van der Waals surface area contributed by atoms with E-state index < -0.39 is 5.92 Å². The van der Waals surface area contributed by atoms with E-state index in [0.29, 0.717) is 12.1 Å². The zero-order chi connectivity index (χ0) is 22.5. The van der Waals surface area contributed by atoms with Crippen molar-refractivity contribution in [3.05, 3.63) is 75.5 Å². The quantitative estimate of drug-likeness (QED) is 0.386. The summed E-state index contributed by atoms with van der Waals surface area (Å²) in [5, 5.41) is 15.8. The van der Waals surface area contributed by atoms with E-state index >= 15 is 0 Å². The number of nitrogens with one attached hydrogen (secondary N) is 2. The average Bonchev–Trinajstić information content (AvgIpc) is 3.47. The maximum atomic E-state index is 12.9. The van der Waals surface area contributed by atoms with Gasteiger partial charge in [0.1, 0.15) is 0 Å². The van der Waals surface area contributed by atoms with E-state index in [1.165, 1.54) is 24.5 Å². The van der Waals surface area contributed by atoms with Crippen molar-refractivity contribution in [1.82, 2.24) is 15.2 Å². The second-order valence-electron chi connectivity index (χ2n) is 8.41. The molecule has 2 aromatic carbocycles. The van der Waals surface area contributed by atoms with Crippen LogP contribution in [0.25, 0.3) is 10.9 Å². The fraction of sp³-hybridized carbons (Fsp3) is 0.400. The molecular formula is C25H30N4O3. The Labute approximate surface area is 188 Å². The number of aryl methyl sites for hydroxylation is 1. The molecule has 1 fully saturated rings. The summed E-state index contributed by atoms with van der Waals surface area (Å²) in [7, 11) is 0. The van der Waals surface area contributed by atoms with Gasteiger partial charge in [0, 0.05) is 54.2 Å². The van der Waals surface area contributed by atoms with E-state index in [1.807, 2.05) is 18.3 Å². The van der Waals surface area contributed by atoms with Crippen LogP contribution in [-0.4, -0.2) is 46.9 Å². The number of carbonyl (C=O) groups is 1.